The molecule has 1 amide bonds. The SMILES string of the molecule is C=CC(=O)NCCCCCCCCCCCCCCCN(C)C. The van der Waals surface area contributed by atoms with Gasteiger partial charge in [-0.05, 0) is 39.6 Å². The number of unbranched alkanes of at least 4 members (excludes halogenated alkanes) is 12. The Hall–Kier alpha value is -0.830. The molecule has 1 N–H and O–H groups in total. The van der Waals surface area contributed by atoms with Crippen molar-refractivity contribution in [3.8, 4) is 0 Å². The van der Waals surface area contributed by atoms with Crippen LogP contribution in [0.2, 0.25) is 0 Å². The van der Waals surface area contributed by atoms with Crippen molar-refractivity contribution in [3.05, 3.63) is 12.7 Å². The maximum atomic E-state index is 10.9. The number of nitrogens with one attached hydrogen (secondary N) is 1. The van der Waals surface area contributed by atoms with E-state index in [0.29, 0.717) is 0 Å². The number of carbonyl (C=O) groups excluding carboxylic acids is 1. The van der Waals surface area contributed by atoms with Crippen LogP contribution in [0.25, 0.3) is 0 Å². The van der Waals surface area contributed by atoms with E-state index in [1.54, 1.807) is 0 Å². The third-order valence-corrected chi connectivity index (χ3v) is 4.27. The molecule has 0 heterocycles. The van der Waals surface area contributed by atoms with Gasteiger partial charge in [-0.3, -0.25) is 4.79 Å². The molecule has 0 aromatic heterocycles. The topological polar surface area (TPSA) is 32.3 Å². The first-order valence-corrected chi connectivity index (χ1v) is 9.72. The third-order valence-electron chi connectivity index (χ3n) is 4.27. The van der Waals surface area contributed by atoms with E-state index >= 15 is 0 Å². The quantitative estimate of drug-likeness (QED) is 0.304. The van der Waals surface area contributed by atoms with Crippen molar-refractivity contribution < 1.29 is 4.79 Å². The van der Waals surface area contributed by atoms with E-state index in [4.69, 9.17) is 0 Å². The van der Waals surface area contributed by atoms with Gasteiger partial charge in [-0.15, -0.1) is 0 Å². The summed E-state index contributed by atoms with van der Waals surface area (Å²) in [5, 5.41) is 2.82. The molecule has 0 radical (unpaired) electrons. The van der Waals surface area contributed by atoms with Gasteiger partial charge in [0.15, 0.2) is 0 Å². The Kier molecular flexibility index (Phi) is 16.9. The summed E-state index contributed by atoms with van der Waals surface area (Å²) in [6.45, 7) is 5.47. The molecule has 0 aliphatic rings. The smallest absolute Gasteiger partial charge is 0.243 e. The molecular weight excluding hydrogens is 284 g/mol. The zero-order chi connectivity index (χ0) is 17.2. The van der Waals surface area contributed by atoms with Crippen LogP contribution in [0.4, 0.5) is 0 Å². The Bertz CT molecular complexity index is 277. The van der Waals surface area contributed by atoms with E-state index in [-0.39, 0.29) is 5.91 Å². The highest BCUT2D eigenvalue weighted by Crippen LogP contribution is 2.12. The highest BCUT2D eigenvalue weighted by atomic mass is 16.1. The fourth-order valence-corrected chi connectivity index (χ4v) is 2.78. The third kappa shape index (κ3) is 19.1. The number of rotatable bonds is 17. The van der Waals surface area contributed by atoms with Gasteiger partial charge in [-0.2, -0.15) is 0 Å². The van der Waals surface area contributed by atoms with Crippen LogP contribution in [0.5, 0.6) is 0 Å². The molecule has 3 heteroatoms. The molecule has 3 nitrogen and oxygen atoms in total. The van der Waals surface area contributed by atoms with E-state index in [0.717, 1.165) is 13.0 Å². The minimum Gasteiger partial charge on any atom is -0.353 e. The lowest BCUT2D eigenvalue weighted by molar-refractivity contribution is -0.116. The number of hydrogen-bond donors (Lipinski definition) is 1. The van der Waals surface area contributed by atoms with Crippen molar-refractivity contribution >= 4 is 5.91 Å². The van der Waals surface area contributed by atoms with Crippen LogP contribution in [-0.2, 0) is 4.79 Å². The second-order valence-electron chi connectivity index (χ2n) is 6.89. The molecule has 0 unspecified atom stereocenters. The van der Waals surface area contributed by atoms with Gasteiger partial charge in [0.05, 0.1) is 0 Å². The van der Waals surface area contributed by atoms with Gasteiger partial charge in [0.2, 0.25) is 5.91 Å². The molecule has 23 heavy (non-hydrogen) atoms. The van der Waals surface area contributed by atoms with Gasteiger partial charge in [-0.1, -0.05) is 77.2 Å². The summed E-state index contributed by atoms with van der Waals surface area (Å²) >= 11 is 0. The van der Waals surface area contributed by atoms with Crippen molar-refractivity contribution in [1.82, 2.24) is 10.2 Å². The lowest BCUT2D eigenvalue weighted by Gasteiger charge is -2.08. The minimum absolute atomic E-state index is 0.0531. The van der Waals surface area contributed by atoms with Crippen LogP contribution in [0.15, 0.2) is 12.7 Å². The van der Waals surface area contributed by atoms with E-state index in [1.807, 2.05) is 0 Å². The summed E-state index contributed by atoms with van der Waals surface area (Å²) in [7, 11) is 4.31. The Balaban J connectivity index is 3.02. The highest BCUT2D eigenvalue weighted by molar-refractivity contribution is 5.86. The van der Waals surface area contributed by atoms with Gasteiger partial charge in [0.1, 0.15) is 0 Å². The fourth-order valence-electron chi connectivity index (χ4n) is 2.78. The van der Waals surface area contributed by atoms with Gasteiger partial charge in [-0.25, -0.2) is 0 Å². The maximum absolute atomic E-state index is 10.9. The summed E-state index contributed by atoms with van der Waals surface area (Å²) in [5.74, 6) is -0.0531. The first-order valence-electron chi connectivity index (χ1n) is 9.72. The molecule has 0 saturated heterocycles. The lowest BCUT2D eigenvalue weighted by atomic mass is 10.0. The van der Waals surface area contributed by atoms with Crippen LogP contribution in [0.3, 0.4) is 0 Å². The Morgan fingerprint density at radius 1 is 0.783 bits per heavy atom. The maximum Gasteiger partial charge on any atom is 0.243 e. The summed E-state index contributed by atoms with van der Waals surface area (Å²) in [5.41, 5.74) is 0. The molecule has 0 saturated carbocycles. The molecule has 0 aromatic carbocycles. The molecular formula is C20H40N2O. The average molecular weight is 325 g/mol. The number of nitrogens with zero attached hydrogens (tertiary/aromatic N) is 1. The monoisotopic (exact) mass is 324 g/mol. The van der Waals surface area contributed by atoms with Crippen molar-refractivity contribution in [2.24, 2.45) is 0 Å². The Morgan fingerprint density at radius 3 is 1.57 bits per heavy atom. The molecule has 0 rings (SSSR count). The second kappa shape index (κ2) is 17.5. The molecule has 0 spiro atoms. The Labute approximate surface area is 144 Å². The van der Waals surface area contributed by atoms with Crippen molar-refractivity contribution in [1.29, 1.82) is 0 Å². The van der Waals surface area contributed by atoms with E-state index in [2.05, 4.69) is 30.9 Å². The molecule has 0 bridgehead atoms. The van der Waals surface area contributed by atoms with Crippen LogP contribution in [0.1, 0.15) is 83.5 Å². The summed E-state index contributed by atoms with van der Waals surface area (Å²) < 4.78 is 0. The first-order chi connectivity index (χ1) is 11.2. The summed E-state index contributed by atoms with van der Waals surface area (Å²) in [6, 6.07) is 0. The van der Waals surface area contributed by atoms with Crippen LogP contribution < -0.4 is 5.32 Å². The molecule has 136 valence electrons. The predicted octanol–water partition coefficient (Wildman–Crippen LogP) is 4.92. The number of carbonyl (C=O) groups is 1. The predicted molar refractivity (Wildman–Crippen MR) is 102 cm³/mol. The normalized spacial score (nSPS) is 10.9. The first kappa shape index (κ1) is 22.2. The van der Waals surface area contributed by atoms with E-state index in [1.165, 1.54) is 89.7 Å². The lowest BCUT2D eigenvalue weighted by Crippen LogP contribution is -2.21. The second-order valence-corrected chi connectivity index (χ2v) is 6.89. The molecule has 0 atom stereocenters. The van der Waals surface area contributed by atoms with E-state index < -0.39 is 0 Å². The average Bonchev–Trinajstić information content (AvgIpc) is 2.53. The zero-order valence-electron chi connectivity index (χ0n) is 15.7. The molecule has 0 aliphatic carbocycles. The molecule has 0 aliphatic heterocycles. The highest BCUT2D eigenvalue weighted by Gasteiger charge is 1.96. The van der Waals surface area contributed by atoms with Crippen molar-refractivity contribution in [2.75, 3.05) is 27.2 Å². The van der Waals surface area contributed by atoms with Crippen molar-refractivity contribution in [2.45, 2.75) is 83.5 Å². The van der Waals surface area contributed by atoms with Crippen molar-refractivity contribution in [3.63, 3.8) is 0 Å². The summed E-state index contributed by atoms with van der Waals surface area (Å²) in [6.07, 6.45) is 18.9. The Morgan fingerprint density at radius 2 is 1.17 bits per heavy atom. The van der Waals surface area contributed by atoms with Gasteiger partial charge in [0, 0.05) is 6.54 Å². The molecule has 0 fully saturated rings. The summed E-state index contributed by atoms with van der Waals surface area (Å²) in [4.78, 5) is 13.2. The zero-order valence-corrected chi connectivity index (χ0v) is 15.7. The fraction of sp³-hybridized carbons (Fsp3) is 0.850. The largest absolute Gasteiger partial charge is 0.353 e. The minimum atomic E-state index is -0.0531. The number of amides is 1. The standard InChI is InChI=1S/C20H40N2O/c1-4-20(23)21-18-16-14-12-10-8-6-5-7-9-11-13-15-17-19-22(2)3/h4H,1,5-19H2,2-3H3,(H,21,23). The molecule has 0 aromatic rings. The number of hydrogen-bond acceptors (Lipinski definition) is 2. The van der Waals surface area contributed by atoms with Crippen LogP contribution >= 0.6 is 0 Å². The van der Waals surface area contributed by atoms with Gasteiger partial charge < -0.3 is 10.2 Å². The van der Waals surface area contributed by atoms with Crippen LogP contribution in [0, 0.1) is 0 Å². The van der Waals surface area contributed by atoms with Gasteiger partial charge in [0.25, 0.3) is 0 Å². The van der Waals surface area contributed by atoms with Crippen LogP contribution in [-0.4, -0.2) is 38.0 Å². The van der Waals surface area contributed by atoms with Gasteiger partial charge >= 0.3 is 0 Å². The van der Waals surface area contributed by atoms with E-state index in [9.17, 15) is 4.79 Å².